The van der Waals surface area contributed by atoms with E-state index in [4.69, 9.17) is 24.1 Å². The summed E-state index contributed by atoms with van der Waals surface area (Å²) < 4.78 is 20.5. The molecule has 0 amide bonds. The molecule has 4 unspecified atom stereocenters. The Labute approximate surface area is 168 Å². The average Bonchev–Trinajstić information content (AvgIpc) is 2.66. The number of hydrogen-bond acceptors (Lipinski definition) is 12. The second-order valence-corrected chi connectivity index (χ2v) is 7.43. The van der Waals surface area contributed by atoms with Crippen LogP contribution in [0.15, 0.2) is 0 Å². The molecule has 2 aliphatic rings. The van der Waals surface area contributed by atoms with E-state index >= 15 is 0 Å². The van der Waals surface area contributed by atoms with Crippen LogP contribution >= 0.6 is 11.8 Å². The second-order valence-electron chi connectivity index (χ2n) is 6.44. The molecule has 0 aliphatic carbocycles. The molecular weight excluding hydrogens is 420 g/mol. The van der Waals surface area contributed by atoms with Gasteiger partial charge in [-0.2, -0.15) is 11.8 Å². The van der Waals surface area contributed by atoms with E-state index in [0.717, 1.165) is 0 Å². The van der Waals surface area contributed by atoms with Crippen molar-refractivity contribution >= 4 is 23.7 Å². The number of carboxylic acids is 2. The van der Waals surface area contributed by atoms with Gasteiger partial charge in [-0.1, -0.05) is 0 Å². The van der Waals surface area contributed by atoms with Crippen LogP contribution in [-0.4, -0.2) is 128 Å². The third-order valence-corrected chi connectivity index (χ3v) is 5.04. The summed E-state index contributed by atoms with van der Waals surface area (Å²) in [5.41, 5.74) is 0. The van der Waals surface area contributed by atoms with Crippen molar-refractivity contribution in [2.75, 3.05) is 18.6 Å². The summed E-state index contributed by atoms with van der Waals surface area (Å²) in [6.45, 7) is 0.0760. The number of hydrogen-bond donors (Lipinski definition) is 7. The van der Waals surface area contributed by atoms with Gasteiger partial charge in [0.05, 0.1) is 6.61 Å². The monoisotopic (exact) mass is 444 g/mol. The SMILES string of the molecule is CSCCO[C@H]1OC(C(=O)O)[C@H](O)[C@H](O[C@H]2OC(C(=O)O)[C@H](O)[C@H](O)C2O)C1O. The first-order chi connectivity index (χ1) is 13.6. The topological polar surface area (TPSA) is 213 Å². The molecule has 0 aromatic carbocycles. The molecule has 2 fully saturated rings. The van der Waals surface area contributed by atoms with Gasteiger partial charge >= 0.3 is 11.9 Å². The Bertz CT molecular complexity index is 576. The van der Waals surface area contributed by atoms with Gasteiger partial charge in [0.25, 0.3) is 0 Å². The van der Waals surface area contributed by atoms with Gasteiger partial charge < -0.3 is 54.7 Å². The van der Waals surface area contributed by atoms with Crippen molar-refractivity contribution in [3.05, 3.63) is 0 Å². The maximum absolute atomic E-state index is 11.4. The van der Waals surface area contributed by atoms with Gasteiger partial charge in [-0.3, -0.25) is 0 Å². The minimum absolute atomic E-state index is 0.0760. The highest BCUT2D eigenvalue weighted by atomic mass is 32.2. The molecule has 0 spiro atoms. The molecule has 2 heterocycles. The maximum Gasteiger partial charge on any atom is 0.335 e. The smallest absolute Gasteiger partial charge is 0.335 e. The molecule has 168 valence electrons. The highest BCUT2D eigenvalue weighted by molar-refractivity contribution is 7.98. The Kier molecular flexibility index (Phi) is 8.59. The lowest BCUT2D eigenvalue weighted by molar-refractivity contribution is -0.352. The van der Waals surface area contributed by atoms with Gasteiger partial charge in [0.2, 0.25) is 0 Å². The van der Waals surface area contributed by atoms with E-state index in [1.54, 1.807) is 6.26 Å². The number of thioether (sulfide) groups is 1. The maximum atomic E-state index is 11.4. The zero-order chi connectivity index (χ0) is 21.9. The van der Waals surface area contributed by atoms with Gasteiger partial charge in [0.1, 0.15) is 36.6 Å². The van der Waals surface area contributed by atoms with Crippen LogP contribution in [0.2, 0.25) is 0 Å². The number of carbonyl (C=O) groups is 2. The molecule has 2 saturated heterocycles. The summed E-state index contributed by atoms with van der Waals surface area (Å²) in [7, 11) is 0. The summed E-state index contributed by atoms with van der Waals surface area (Å²) in [6.07, 6.45) is -16.8. The lowest BCUT2D eigenvalue weighted by Crippen LogP contribution is -2.65. The largest absolute Gasteiger partial charge is 0.479 e. The minimum Gasteiger partial charge on any atom is -0.479 e. The van der Waals surface area contributed by atoms with E-state index in [0.29, 0.717) is 5.75 Å². The molecule has 2 aliphatic heterocycles. The first-order valence-corrected chi connectivity index (χ1v) is 9.92. The molecule has 14 heteroatoms. The minimum atomic E-state index is -1.98. The summed E-state index contributed by atoms with van der Waals surface area (Å²) >= 11 is 1.41. The van der Waals surface area contributed by atoms with E-state index in [-0.39, 0.29) is 6.61 Å². The van der Waals surface area contributed by atoms with E-state index in [9.17, 15) is 40.2 Å². The van der Waals surface area contributed by atoms with Crippen molar-refractivity contribution in [2.24, 2.45) is 0 Å². The van der Waals surface area contributed by atoms with E-state index in [2.05, 4.69) is 0 Å². The standard InChI is InChI=1S/C15H24O13S/c1-29-3-2-25-14-8(20)9(7(19)11(27-14)13(23)24)26-15-6(18)4(16)5(17)10(28-15)12(21)22/h4-11,14-20H,2-3H2,1H3,(H,21,22)(H,23,24)/t4-,5+,6?,7+,8?,9-,10?,11?,14-,15-/m0/s1. The van der Waals surface area contributed by atoms with Crippen molar-refractivity contribution in [1.29, 1.82) is 0 Å². The summed E-state index contributed by atoms with van der Waals surface area (Å²) in [5.74, 6) is -2.75. The number of carboxylic acid groups (broad SMARTS) is 2. The molecule has 2 rings (SSSR count). The van der Waals surface area contributed by atoms with Crippen LogP contribution in [0.1, 0.15) is 0 Å². The van der Waals surface area contributed by atoms with Gasteiger partial charge in [0.15, 0.2) is 24.8 Å². The predicted molar refractivity (Wildman–Crippen MR) is 91.8 cm³/mol. The fourth-order valence-electron chi connectivity index (χ4n) is 2.90. The Balaban J connectivity index is 2.19. The molecule has 0 aromatic heterocycles. The first kappa shape index (κ1) is 24.2. The molecule has 10 atom stereocenters. The number of ether oxygens (including phenoxy) is 4. The Morgan fingerprint density at radius 3 is 1.93 bits per heavy atom. The lowest BCUT2D eigenvalue weighted by Gasteiger charge is -2.44. The molecule has 0 radical (unpaired) electrons. The van der Waals surface area contributed by atoms with Crippen LogP contribution in [0.5, 0.6) is 0 Å². The second kappa shape index (κ2) is 10.3. The third-order valence-electron chi connectivity index (χ3n) is 4.46. The van der Waals surface area contributed by atoms with Crippen LogP contribution in [0, 0.1) is 0 Å². The van der Waals surface area contributed by atoms with Crippen LogP contribution in [-0.2, 0) is 28.5 Å². The molecule has 29 heavy (non-hydrogen) atoms. The van der Waals surface area contributed by atoms with Crippen LogP contribution in [0.25, 0.3) is 0 Å². The van der Waals surface area contributed by atoms with Crippen molar-refractivity contribution < 1.29 is 64.3 Å². The van der Waals surface area contributed by atoms with Gasteiger partial charge in [-0.05, 0) is 6.26 Å². The molecule has 7 N–H and O–H groups in total. The zero-order valence-corrected chi connectivity index (χ0v) is 16.0. The lowest BCUT2D eigenvalue weighted by atomic mass is 9.96. The first-order valence-electron chi connectivity index (χ1n) is 8.53. The van der Waals surface area contributed by atoms with E-state index in [1.807, 2.05) is 0 Å². The van der Waals surface area contributed by atoms with Gasteiger partial charge in [0, 0.05) is 5.75 Å². The van der Waals surface area contributed by atoms with Gasteiger partial charge in [-0.25, -0.2) is 9.59 Å². The molecule has 0 aromatic rings. The Morgan fingerprint density at radius 2 is 1.38 bits per heavy atom. The average molecular weight is 444 g/mol. The van der Waals surface area contributed by atoms with Crippen LogP contribution < -0.4 is 0 Å². The fourth-order valence-corrected chi connectivity index (χ4v) is 3.17. The highest BCUT2D eigenvalue weighted by Gasteiger charge is 2.53. The van der Waals surface area contributed by atoms with Gasteiger partial charge in [-0.15, -0.1) is 0 Å². The van der Waals surface area contributed by atoms with Crippen LogP contribution in [0.3, 0.4) is 0 Å². The van der Waals surface area contributed by atoms with Crippen molar-refractivity contribution in [3.63, 3.8) is 0 Å². The quantitative estimate of drug-likeness (QED) is 0.179. The fraction of sp³-hybridized carbons (Fsp3) is 0.867. The molecule has 0 saturated carbocycles. The summed E-state index contributed by atoms with van der Waals surface area (Å²) in [6, 6.07) is 0. The van der Waals surface area contributed by atoms with E-state index in [1.165, 1.54) is 11.8 Å². The van der Waals surface area contributed by atoms with Crippen molar-refractivity contribution in [2.45, 2.75) is 61.4 Å². The Hall–Kier alpha value is -1.07. The number of aliphatic hydroxyl groups excluding tert-OH is 5. The molecule has 0 bridgehead atoms. The summed E-state index contributed by atoms with van der Waals surface area (Å²) in [5, 5.41) is 68.5. The zero-order valence-electron chi connectivity index (χ0n) is 15.2. The molecule has 13 nitrogen and oxygen atoms in total. The number of rotatable bonds is 8. The van der Waals surface area contributed by atoms with Crippen molar-refractivity contribution in [1.82, 2.24) is 0 Å². The third kappa shape index (κ3) is 5.35. The highest BCUT2D eigenvalue weighted by Crippen LogP contribution is 2.29. The number of aliphatic hydroxyl groups is 5. The number of aliphatic carboxylic acids is 2. The summed E-state index contributed by atoms with van der Waals surface area (Å²) in [4.78, 5) is 22.5. The van der Waals surface area contributed by atoms with E-state index < -0.39 is 73.4 Å². The van der Waals surface area contributed by atoms with Crippen molar-refractivity contribution in [3.8, 4) is 0 Å². The normalized spacial score (nSPS) is 43.1. The Morgan fingerprint density at radius 1 is 0.828 bits per heavy atom. The molecular formula is C15H24O13S. The predicted octanol–water partition coefficient (Wildman–Crippen LogP) is -3.83. The van der Waals surface area contributed by atoms with Crippen LogP contribution in [0.4, 0.5) is 0 Å².